The van der Waals surface area contributed by atoms with Gasteiger partial charge in [-0.15, -0.1) is 0 Å². The molecule has 0 radical (unpaired) electrons. The Balaban J connectivity index is 1.75. The Labute approximate surface area is 159 Å². The Kier molecular flexibility index (Phi) is 6.58. The molecule has 1 heterocycles. The van der Waals surface area contributed by atoms with Crippen molar-refractivity contribution in [2.24, 2.45) is 0 Å². The van der Waals surface area contributed by atoms with Gasteiger partial charge >= 0.3 is 5.97 Å². The van der Waals surface area contributed by atoms with Crippen LogP contribution in [0.5, 0.6) is 5.88 Å². The van der Waals surface area contributed by atoms with Gasteiger partial charge in [-0.25, -0.2) is 4.98 Å². The van der Waals surface area contributed by atoms with E-state index in [1.165, 1.54) is 0 Å². The first-order valence-electron chi connectivity index (χ1n) is 9.20. The maximum absolute atomic E-state index is 10.6. The predicted molar refractivity (Wildman–Crippen MR) is 107 cm³/mol. The Hall–Kier alpha value is -3.14. The van der Waals surface area contributed by atoms with Crippen LogP contribution in [0.1, 0.15) is 25.7 Å². The molecule has 2 aromatic carbocycles. The van der Waals surface area contributed by atoms with Crippen molar-refractivity contribution in [3.05, 3.63) is 72.8 Å². The largest absolute Gasteiger partial charge is 0.481 e. The van der Waals surface area contributed by atoms with Crippen molar-refractivity contribution >= 4 is 5.97 Å². The molecule has 0 atom stereocenters. The van der Waals surface area contributed by atoms with Crippen molar-refractivity contribution in [2.45, 2.75) is 25.7 Å². The highest BCUT2D eigenvalue weighted by Crippen LogP contribution is 2.28. The monoisotopic (exact) mass is 361 g/mol. The average molecular weight is 361 g/mol. The number of unbranched alkanes of at least 4 members (excludes halogenated alkanes) is 2. The highest BCUT2D eigenvalue weighted by atomic mass is 16.5. The molecule has 1 N–H and O–H groups in total. The van der Waals surface area contributed by atoms with Crippen molar-refractivity contribution in [1.82, 2.24) is 4.98 Å². The fourth-order valence-corrected chi connectivity index (χ4v) is 2.87. The van der Waals surface area contributed by atoms with Crippen LogP contribution >= 0.6 is 0 Å². The van der Waals surface area contributed by atoms with E-state index in [1.54, 1.807) is 0 Å². The van der Waals surface area contributed by atoms with Crippen LogP contribution in [0.3, 0.4) is 0 Å². The van der Waals surface area contributed by atoms with E-state index >= 15 is 0 Å². The number of carbonyl (C=O) groups is 1. The molecule has 3 aromatic rings. The molecule has 0 bridgehead atoms. The minimum Gasteiger partial charge on any atom is -0.481 e. The normalized spacial score (nSPS) is 10.5. The summed E-state index contributed by atoms with van der Waals surface area (Å²) in [5.41, 5.74) is 4.09. The smallest absolute Gasteiger partial charge is 0.303 e. The molecule has 0 aliphatic carbocycles. The summed E-state index contributed by atoms with van der Waals surface area (Å²) >= 11 is 0. The second kappa shape index (κ2) is 9.53. The van der Waals surface area contributed by atoms with E-state index in [0.29, 0.717) is 18.9 Å². The van der Waals surface area contributed by atoms with Crippen LogP contribution in [0, 0.1) is 0 Å². The molecule has 0 aliphatic heterocycles. The van der Waals surface area contributed by atoms with Gasteiger partial charge in [-0.05, 0) is 36.5 Å². The zero-order valence-electron chi connectivity index (χ0n) is 15.2. The predicted octanol–water partition coefficient (Wildman–Crippen LogP) is 5.44. The van der Waals surface area contributed by atoms with Crippen LogP contribution < -0.4 is 4.74 Å². The van der Waals surface area contributed by atoms with Crippen LogP contribution in [0.2, 0.25) is 0 Å². The van der Waals surface area contributed by atoms with Crippen LogP contribution in [0.15, 0.2) is 72.8 Å². The molecule has 138 valence electrons. The van der Waals surface area contributed by atoms with Crippen molar-refractivity contribution in [3.8, 4) is 28.3 Å². The van der Waals surface area contributed by atoms with Crippen LogP contribution in [-0.4, -0.2) is 22.7 Å². The van der Waals surface area contributed by atoms with Gasteiger partial charge in [0.25, 0.3) is 0 Å². The average Bonchev–Trinajstić information content (AvgIpc) is 2.71. The molecule has 4 heteroatoms. The minimum atomic E-state index is -0.749. The van der Waals surface area contributed by atoms with E-state index in [9.17, 15) is 4.79 Å². The number of ether oxygens (including phenoxy) is 1. The third-order valence-corrected chi connectivity index (χ3v) is 4.26. The summed E-state index contributed by atoms with van der Waals surface area (Å²) in [4.78, 5) is 15.2. The molecule has 0 unspecified atom stereocenters. The zero-order valence-corrected chi connectivity index (χ0v) is 15.2. The Morgan fingerprint density at radius 2 is 1.48 bits per heavy atom. The molecule has 0 spiro atoms. The number of rotatable bonds is 9. The summed E-state index contributed by atoms with van der Waals surface area (Å²) in [6.07, 6.45) is 2.52. The van der Waals surface area contributed by atoms with E-state index < -0.39 is 5.97 Å². The van der Waals surface area contributed by atoms with E-state index in [0.717, 1.165) is 35.2 Å². The molecule has 0 saturated heterocycles. The van der Waals surface area contributed by atoms with Crippen molar-refractivity contribution in [2.75, 3.05) is 6.61 Å². The van der Waals surface area contributed by atoms with Gasteiger partial charge in [-0.3, -0.25) is 4.79 Å². The van der Waals surface area contributed by atoms with Gasteiger partial charge in [0.2, 0.25) is 5.88 Å². The first-order chi connectivity index (χ1) is 13.2. The molecule has 27 heavy (non-hydrogen) atoms. The summed E-state index contributed by atoms with van der Waals surface area (Å²) in [6.45, 7) is 0.527. The molecule has 0 saturated carbocycles. The first kappa shape index (κ1) is 18.6. The zero-order chi connectivity index (χ0) is 18.9. The van der Waals surface area contributed by atoms with Gasteiger partial charge in [0.1, 0.15) is 0 Å². The van der Waals surface area contributed by atoms with E-state index in [1.807, 2.05) is 54.6 Å². The quantitative estimate of drug-likeness (QED) is 0.516. The standard InChI is InChI=1S/C23H23NO3/c25-23(26)14-8-3-9-15-27-22-17-20(18-10-4-1-5-11-18)16-21(24-22)19-12-6-2-7-13-19/h1-2,4-7,10-13,16-17H,3,8-9,14-15H2,(H,25,26). The van der Waals surface area contributed by atoms with Crippen molar-refractivity contribution in [1.29, 1.82) is 0 Å². The number of carboxylic acids is 1. The highest BCUT2D eigenvalue weighted by molar-refractivity contribution is 5.71. The Bertz CT molecular complexity index is 806. The summed E-state index contributed by atoms with van der Waals surface area (Å²) in [7, 11) is 0. The van der Waals surface area contributed by atoms with Gasteiger partial charge in [0.05, 0.1) is 12.3 Å². The molecule has 4 nitrogen and oxygen atoms in total. The molecule has 0 fully saturated rings. The molecule has 0 aliphatic rings. The van der Waals surface area contributed by atoms with E-state index in [4.69, 9.17) is 9.84 Å². The van der Waals surface area contributed by atoms with Gasteiger partial charge in [-0.1, -0.05) is 60.7 Å². The van der Waals surface area contributed by atoms with Crippen molar-refractivity contribution < 1.29 is 14.6 Å². The number of hydrogen-bond donors (Lipinski definition) is 1. The lowest BCUT2D eigenvalue weighted by Crippen LogP contribution is -2.01. The van der Waals surface area contributed by atoms with Gasteiger partial charge in [0, 0.05) is 18.1 Å². The number of aromatic nitrogens is 1. The third kappa shape index (κ3) is 5.68. The highest BCUT2D eigenvalue weighted by Gasteiger charge is 2.08. The lowest BCUT2D eigenvalue weighted by molar-refractivity contribution is -0.137. The fraction of sp³-hybridized carbons (Fsp3) is 0.217. The number of carboxylic acid groups (broad SMARTS) is 1. The number of aliphatic carboxylic acids is 1. The molecular weight excluding hydrogens is 338 g/mol. The van der Waals surface area contributed by atoms with Gasteiger partial charge in [0.15, 0.2) is 0 Å². The summed E-state index contributed by atoms with van der Waals surface area (Å²) in [5.74, 6) is -0.158. The SMILES string of the molecule is O=C(O)CCCCCOc1cc(-c2ccccc2)cc(-c2ccccc2)n1. The van der Waals surface area contributed by atoms with E-state index in [2.05, 4.69) is 23.2 Å². The van der Waals surface area contributed by atoms with Crippen LogP contribution in [0.25, 0.3) is 22.4 Å². The maximum Gasteiger partial charge on any atom is 0.303 e. The summed E-state index contributed by atoms with van der Waals surface area (Å²) < 4.78 is 5.88. The molecule has 1 aromatic heterocycles. The molecular formula is C23H23NO3. The Morgan fingerprint density at radius 1 is 0.815 bits per heavy atom. The number of hydrogen-bond acceptors (Lipinski definition) is 3. The second-order valence-corrected chi connectivity index (χ2v) is 6.36. The third-order valence-electron chi connectivity index (χ3n) is 4.26. The van der Waals surface area contributed by atoms with E-state index in [-0.39, 0.29) is 6.42 Å². The molecule has 3 rings (SSSR count). The lowest BCUT2D eigenvalue weighted by atomic mass is 10.0. The Morgan fingerprint density at radius 3 is 2.15 bits per heavy atom. The number of benzene rings is 2. The minimum absolute atomic E-state index is 0.208. The fourth-order valence-electron chi connectivity index (χ4n) is 2.87. The topological polar surface area (TPSA) is 59.4 Å². The van der Waals surface area contributed by atoms with Gasteiger partial charge in [-0.2, -0.15) is 0 Å². The maximum atomic E-state index is 10.6. The van der Waals surface area contributed by atoms with Gasteiger partial charge < -0.3 is 9.84 Å². The number of pyridine rings is 1. The summed E-state index contributed by atoms with van der Waals surface area (Å²) in [6, 6.07) is 24.2. The van der Waals surface area contributed by atoms with Crippen molar-refractivity contribution in [3.63, 3.8) is 0 Å². The first-order valence-corrected chi connectivity index (χ1v) is 9.20. The summed E-state index contributed by atoms with van der Waals surface area (Å²) in [5, 5.41) is 8.68. The molecule has 0 amide bonds. The van der Waals surface area contributed by atoms with Crippen LogP contribution in [-0.2, 0) is 4.79 Å². The second-order valence-electron chi connectivity index (χ2n) is 6.36. The van der Waals surface area contributed by atoms with Crippen LogP contribution in [0.4, 0.5) is 0 Å². The lowest BCUT2D eigenvalue weighted by Gasteiger charge is -2.11. The number of nitrogens with zero attached hydrogens (tertiary/aromatic N) is 1.